The first-order chi connectivity index (χ1) is 18.9. The summed E-state index contributed by atoms with van der Waals surface area (Å²) in [4.78, 5) is 15.9. The summed E-state index contributed by atoms with van der Waals surface area (Å²) in [6.45, 7) is 0.368. The Labute approximate surface area is 234 Å². The molecule has 3 aliphatic rings. The molecule has 0 saturated heterocycles. The number of benzene rings is 2. The minimum absolute atomic E-state index is 0.215. The number of hydrogen-bond donors (Lipinski definition) is 1. The van der Waals surface area contributed by atoms with E-state index in [9.17, 15) is 4.79 Å². The third-order valence-electron chi connectivity index (χ3n) is 8.54. The molecule has 0 radical (unpaired) electrons. The van der Waals surface area contributed by atoms with E-state index in [1.165, 1.54) is 0 Å². The number of aromatic nitrogens is 3. The second kappa shape index (κ2) is 9.18. The Morgan fingerprint density at radius 1 is 1.00 bits per heavy atom. The molecule has 0 spiro atoms. The smallest absolute Gasteiger partial charge is 0.335 e. The average Bonchev–Trinajstić information content (AvgIpc) is 3.28. The topological polar surface area (TPSA) is 111 Å². The Bertz CT molecular complexity index is 1550. The molecule has 2 bridgehead atoms. The highest BCUT2D eigenvalue weighted by Gasteiger charge is 2.58. The number of aromatic carboxylic acids is 1. The van der Waals surface area contributed by atoms with Crippen LogP contribution in [-0.4, -0.2) is 32.0 Å². The van der Waals surface area contributed by atoms with Crippen molar-refractivity contribution in [2.45, 2.75) is 68.5 Å². The molecule has 3 fully saturated rings. The zero-order valence-corrected chi connectivity index (χ0v) is 22.5. The van der Waals surface area contributed by atoms with Gasteiger partial charge in [-0.15, -0.1) is 0 Å². The van der Waals surface area contributed by atoms with Crippen LogP contribution in [-0.2, 0) is 16.8 Å². The molecule has 0 aliphatic heterocycles. The van der Waals surface area contributed by atoms with E-state index >= 15 is 0 Å². The molecule has 0 atom stereocenters. The molecule has 3 aliphatic carbocycles. The fourth-order valence-corrected chi connectivity index (χ4v) is 6.81. The van der Waals surface area contributed by atoms with E-state index in [2.05, 4.69) is 10.3 Å². The lowest BCUT2D eigenvalue weighted by atomic mass is 9.84. The highest BCUT2D eigenvalue weighted by Crippen LogP contribution is 2.59. The molecule has 2 aromatic heterocycles. The average molecular weight is 566 g/mol. The van der Waals surface area contributed by atoms with Gasteiger partial charge in [-0.2, -0.15) is 4.98 Å². The Morgan fingerprint density at radius 2 is 1.72 bits per heavy atom. The standard InChI is InChI=1S/C29H25Cl2N3O5/c30-20-2-1-3-21(31)22(20)23-19(24(38-33-23)16-4-5-16)14-37-29-12-10-28(15-29,11-13-29)27-32-25(34-39-27)17-6-8-18(9-7-17)26(35)36/h1-3,6-9,16H,4-5,10-15H2,(H,35,36). The number of halogens is 2. The van der Waals surface area contributed by atoms with Crippen molar-refractivity contribution in [1.82, 2.24) is 15.3 Å². The van der Waals surface area contributed by atoms with Crippen molar-refractivity contribution < 1.29 is 23.7 Å². The van der Waals surface area contributed by atoms with E-state index in [0.29, 0.717) is 45.5 Å². The van der Waals surface area contributed by atoms with Gasteiger partial charge in [-0.25, -0.2) is 4.79 Å². The molecule has 0 amide bonds. The fraction of sp³-hybridized carbons (Fsp3) is 0.379. The maximum Gasteiger partial charge on any atom is 0.335 e. The van der Waals surface area contributed by atoms with Gasteiger partial charge in [0, 0.05) is 22.6 Å². The van der Waals surface area contributed by atoms with E-state index in [1.807, 2.05) is 6.07 Å². The number of rotatable bonds is 8. The fourth-order valence-electron chi connectivity index (χ4n) is 6.23. The molecule has 7 rings (SSSR count). The Hall–Kier alpha value is -3.20. The van der Waals surface area contributed by atoms with Crippen LogP contribution in [0.2, 0.25) is 10.0 Å². The number of fused-ring (bicyclic) bond motifs is 2. The van der Waals surface area contributed by atoms with Crippen molar-refractivity contribution >= 4 is 29.2 Å². The van der Waals surface area contributed by atoms with Gasteiger partial charge < -0.3 is 18.9 Å². The summed E-state index contributed by atoms with van der Waals surface area (Å²) in [5, 5.41) is 18.8. The summed E-state index contributed by atoms with van der Waals surface area (Å²) in [5.41, 5.74) is 2.67. The van der Waals surface area contributed by atoms with Crippen LogP contribution in [0.5, 0.6) is 0 Å². The maximum absolute atomic E-state index is 11.2. The Kier molecular flexibility index (Phi) is 5.84. The molecule has 200 valence electrons. The van der Waals surface area contributed by atoms with Gasteiger partial charge in [0.15, 0.2) is 0 Å². The van der Waals surface area contributed by atoms with Gasteiger partial charge in [-0.3, -0.25) is 0 Å². The molecule has 10 heteroatoms. The lowest BCUT2D eigenvalue weighted by Gasteiger charge is -2.27. The van der Waals surface area contributed by atoms with E-state index in [0.717, 1.165) is 61.8 Å². The first-order valence-electron chi connectivity index (χ1n) is 13.1. The van der Waals surface area contributed by atoms with Crippen LogP contribution in [0.25, 0.3) is 22.6 Å². The second-order valence-electron chi connectivity index (χ2n) is 11.0. The van der Waals surface area contributed by atoms with Crippen LogP contribution in [0.4, 0.5) is 0 Å². The van der Waals surface area contributed by atoms with E-state index in [4.69, 9.17) is 47.1 Å². The van der Waals surface area contributed by atoms with Crippen LogP contribution in [0.1, 0.15) is 78.4 Å². The highest BCUT2D eigenvalue weighted by atomic mass is 35.5. The first kappa shape index (κ1) is 24.8. The number of carboxylic acid groups (broad SMARTS) is 1. The minimum Gasteiger partial charge on any atom is -0.478 e. The van der Waals surface area contributed by atoms with Gasteiger partial charge in [0.25, 0.3) is 0 Å². The number of hydrogen-bond acceptors (Lipinski definition) is 7. The molecule has 8 nitrogen and oxygen atoms in total. The summed E-state index contributed by atoms with van der Waals surface area (Å²) in [6, 6.07) is 11.9. The van der Waals surface area contributed by atoms with Crippen LogP contribution in [0, 0.1) is 0 Å². The van der Waals surface area contributed by atoms with Gasteiger partial charge in [-0.05, 0) is 69.2 Å². The van der Waals surface area contributed by atoms with Crippen LogP contribution in [0.3, 0.4) is 0 Å². The molecular formula is C29H25Cl2N3O5. The highest BCUT2D eigenvalue weighted by molar-refractivity contribution is 6.39. The summed E-state index contributed by atoms with van der Waals surface area (Å²) in [6.07, 6.45) is 6.53. The zero-order chi connectivity index (χ0) is 26.8. The molecule has 3 saturated carbocycles. The van der Waals surface area contributed by atoms with Gasteiger partial charge in [-0.1, -0.05) is 51.7 Å². The van der Waals surface area contributed by atoms with E-state index < -0.39 is 5.97 Å². The van der Waals surface area contributed by atoms with Gasteiger partial charge in [0.05, 0.1) is 33.2 Å². The summed E-state index contributed by atoms with van der Waals surface area (Å²) >= 11 is 13.1. The SMILES string of the molecule is O=C(O)c1ccc(-c2noc(C34CCC(OCc5c(-c6c(Cl)cccc6Cl)noc5C5CC5)(CC3)C4)n2)cc1. The van der Waals surface area contributed by atoms with Gasteiger partial charge in [0.2, 0.25) is 11.7 Å². The quantitative estimate of drug-likeness (QED) is 0.234. The van der Waals surface area contributed by atoms with Crippen molar-refractivity contribution in [2.75, 3.05) is 0 Å². The molecule has 2 heterocycles. The summed E-state index contributed by atoms with van der Waals surface area (Å²) in [7, 11) is 0. The predicted octanol–water partition coefficient (Wildman–Crippen LogP) is 7.45. The zero-order valence-electron chi connectivity index (χ0n) is 21.0. The normalized spacial score (nSPS) is 23.9. The third-order valence-corrected chi connectivity index (χ3v) is 9.17. The monoisotopic (exact) mass is 565 g/mol. The van der Waals surface area contributed by atoms with Gasteiger partial charge in [0.1, 0.15) is 11.5 Å². The van der Waals surface area contributed by atoms with Crippen molar-refractivity contribution in [2.24, 2.45) is 0 Å². The Balaban J connectivity index is 1.12. The summed E-state index contributed by atoms with van der Waals surface area (Å²) in [5.74, 6) is 1.34. The Morgan fingerprint density at radius 3 is 2.38 bits per heavy atom. The van der Waals surface area contributed by atoms with Crippen molar-refractivity contribution in [3.8, 4) is 22.6 Å². The molecule has 39 heavy (non-hydrogen) atoms. The number of ether oxygens (including phenoxy) is 1. The molecule has 2 aromatic carbocycles. The van der Waals surface area contributed by atoms with Crippen LogP contribution < -0.4 is 0 Å². The number of carboxylic acids is 1. The first-order valence-corrected chi connectivity index (χ1v) is 13.9. The van der Waals surface area contributed by atoms with Gasteiger partial charge >= 0.3 is 5.97 Å². The number of nitrogens with zero attached hydrogens (tertiary/aromatic N) is 3. The van der Waals surface area contributed by atoms with Crippen LogP contribution in [0.15, 0.2) is 51.5 Å². The molecule has 0 unspecified atom stereocenters. The largest absolute Gasteiger partial charge is 0.478 e. The van der Waals surface area contributed by atoms with Crippen LogP contribution >= 0.6 is 23.2 Å². The van der Waals surface area contributed by atoms with E-state index in [-0.39, 0.29) is 16.6 Å². The predicted molar refractivity (Wildman–Crippen MR) is 143 cm³/mol. The van der Waals surface area contributed by atoms with Crippen molar-refractivity contribution in [3.63, 3.8) is 0 Å². The van der Waals surface area contributed by atoms with Crippen molar-refractivity contribution in [3.05, 3.63) is 75.3 Å². The third kappa shape index (κ3) is 4.26. The van der Waals surface area contributed by atoms with E-state index in [1.54, 1.807) is 36.4 Å². The molecular weight excluding hydrogens is 541 g/mol. The number of carbonyl (C=O) groups is 1. The minimum atomic E-state index is -0.972. The molecule has 1 N–H and O–H groups in total. The lowest BCUT2D eigenvalue weighted by Crippen LogP contribution is -2.26. The lowest BCUT2D eigenvalue weighted by molar-refractivity contribution is -0.0488. The van der Waals surface area contributed by atoms with Crippen molar-refractivity contribution in [1.29, 1.82) is 0 Å². The summed E-state index contributed by atoms with van der Waals surface area (Å²) < 4.78 is 18.3. The molecule has 4 aromatic rings. The maximum atomic E-state index is 11.2. The second-order valence-corrected chi connectivity index (χ2v) is 11.8.